The van der Waals surface area contributed by atoms with Crippen LogP contribution >= 0.6 is 11.1 Å². The Balaban J connectivity index is 3.06. The predicted molar refractivity (Wildman–Crippen MR) is 95.2 cm³/mol. The van der Waals surface area contributed by atoms with E-state index in [1.165, 1.54) is 24.8 Å². The molecule has 0 saturated carbocycles. The van der Waals surface area contributed by atoms with Gasteiger partial charge in [-0.3, -0.25) is 0 Å². The Kier molecular flexibility index (Phi) is 6.34. The molecule has 0 aliphatic rings. The molecule has 0 fully saturated rings. The quantitative estimate of drug-likeness (QED) is 0.423. The van der Waals surface area contributed by atoms with Gasteiger partial charge in [0.15, 0.2) is 8.11 Å². The van der Waals surface area contributed by atoms with Crippen LogP contribution in [0.3, 0.4) is 0 Å². The summed E-state index contributed by atoms with van der Waals surface area (Å²) in [5.74, 6) is 0. The van der Waals surface area contributed by atoms with Gasteiger partial charge in [-0.15, -0.1) is 0 Å². The highest BCUT2D eigenvalue weighted by atomic mass is 35.6. The second-order valence-corrected chi connectivity index (χ2v) is 11.4. The van der Waals surface area contributed by atoms with Crippen molar-refractivity contribution in [2.75, 3.05) is 0 Å². The molecule has 0 amide bonds. The van der Waals surface area contributed by atoms with Crippen molar-refractivity contribution in [1.82, 2.24) is 0 Å². The number of benzene rings is 1. The zero-order valence-electron chi connectivity index (χ0n) is 14.0. The van der Waals surface area contributed by atoms with E-state index >= 15 is 0 Å². The fraction of sp³-hybridized carbons (Fsp3) is 0.667. The van der Waals surface area contributed by atoms with Gasteiger partial charge >= 0.3 is 0 Å². The second-order valence-electron chi connectivity index (χ2n) is 6.70. The molecule has 0 aromatic heterocycles. The number of hydrogen-bond donors (Lipinski definition) is 0. The summed E-state index contributed by atoms with van der Waals surface area (Å²) in [6.07, 6.45) is 3.72. The molecule has 1 rings (SSSR count). The van der Waals surface area contributed by atoms with Gasteiger partial charge in [-0.25, -0.2) is 0 Å². The summed E-state index contributed by atoms with van der Waals surface area (Å²) in [6, 6.07) is 10.8. The highest BCUT2D eigenvalue weighted by Gasteiger charge is 2.43. The maximum Gasteiger partial charge on any atom is 0.154 e. The summed E-state index contributed by atoms with van der Waals surface area (Å²) < 4.78 is 0. The lowest BCUT2D eigenvalue weighted by atomic mass is 9.77. The Bertz CT molecular complexity index is 387. The largest absolute Gasteiger partial charge is 0.170 e. The molecule has 114 valence electrons. The molecule has 0 heterocycles. The lowest BCUT2D eigenvalue weighted by molar-refractivity contribution is 0.235. The van der Waals surface area contributed by atoms with Gasteiger partial charge < -0.3 is 0 Å². The summed E-state index contributed by atoms with van der Waals surface area (Å²) in [4.78, 5) is 0. The summed E-state index contributed by atoms with van der Waals surface area (Å²) in [5, 5.41) is 0.132. The third kappa shape index (κ3) is 3.31. The average molecular weight is 311 g/mol. The van der Waals surface area contributed by atoms with E-state index in [9.17, 15) is 0 Å². The Morgan fingerprint density at radius 3 is 1.85 bits per heavy atom. The Morgan fingerprint density at radius 1 is 1.00 bits per heavy atom. The normalized spacial score (nSPS) is 15.9. The van der Waals surface area contributed by atoms with Crippen molar-refractivity contribution in [3.05, 3.63) is 35.9 Å². The van der Waals surface area contributed by atoms with Crippen LogP contribution in [-0.4, -0.2) is 8.11 Å². The van der Waals surface area contributed by atoms with Crippen LogP contribution in [-0.2, 0) is 5.04 Å². The zero-order chi connectivity index (χ0) is 15.4. The molecule has 0 bridgehead atoms. The van der Waals surface area contributed by atoms with Crippen LogP contribution in [0.2, 0.25) is 5.54 Å². The summed E-state index contributed by atoms with van der Waals surface area (Å²) >= 11 is 7.12. The van der Waals surface area contributed by atoms with Crippen molar-refractivity contribution in [1.29, 1.82) is 0 Å². The predicted octanol–water partition coefficient (Wildman–Crippen LogP) is 6.07. The first-order valence-electron chi connectivity index (χ1n) is 8.05. The van der Waals surface area contributed by atoms with Crippen LogP contribution in [0, 0.1) is 5.41 Å². The third-order valence-electron chi connectivity index (χ3n) is 5.72. The van der Waals surface area contributed by atoms with Crippen molar-refractivity contribution in [3.8, 4) is 0 Å². The first-order valence-corrected chi connectivity index (χ1v) is 11.0. The molecule has 0 nitrogen and oxygen atoms in total. The fourth-order valence-electron chi connectivity index (χ4n) is 3.68. The first-order chi connectivity index (χ1) is 9.35. The SMILES string of the molecule is CCC(CC)(CC)C(C)[SiH](Cl)C(C)(C)c1ccccc1. The van der Waals surface area contributed by atoms with Crippen molar-refractivity contribution in [3.63, 3.8) is 0 Å². The average Bonchev–Trinajstić information content (AvgIpc) is 2.49. The molecule has 0 radical (unpaired) electrons. The minimum Gasteiger partial charge on any atom is -0.170 e. The van der Waals surface area contributed by atoms with Crippen molar-refractivity contribution < 1.29 is 0 Å². The lowest BCUT2D eigenvalue weighted by Gasteiger charge is -2.44. The molecule has 0 spiro atoms. The lowest BCUT2D eigenvalue weighted by Crippen LogP contribution is -2.43. The third-order valence-corrected chi connectivity index (χ3v) is 11.8. The van der Waals surface area contributed by atoms with Crippen molar-refractivity contribution >= 4 is 19.2 Å². The molecule has 0 aliphatic heterocycles. The van der Waals surface area contributed by atoms with Gasteiger partial charge in [0.2, 0.25) is 0 Å². The van der Waals surface area contributed by atoms with Gasteiger partial charge in [0.1, 0.15) is 0 Å². The molecule has 1 aromatic carbocycles. The Hall–Kier alpha value is -0.273. The molecule has 2 unspecified atom stereocenters. The van der Waals surface area contributed by atoms with Crippen LogP contribution < -0.4 is 0 Å². The zero-order valence-corrected chi connectivity index (χ0v) is 16.0. The maximum atomic E-state index is 7.12. The summed E-state index contributed by atoms with van der Waals surface area (Å²) in [5.41, 5.74) is 2.46. The molecule has 2 atom stereocenters. The topological polar surface area (TPSA) is 0 Å². The van der Waals surface area contributed by atoms with Crippen LogP contribution in [0.5, 0.6) is 0 Å². The monoisotopic (exact) mass is 310 g/mol. The maximum absolute atomic E-state index is 7.12. The van der Waals surface area contributed by atoms with Crippen LogP contribution in [0.15, 0.2) is 30.3 Å². The molecule has 2 heteroatoms. The minimum atomic E-state index is -1.44. The van der Waals surface area contributed by atoms with E-state index in [1.54, 1.807) is 0 Å². The highest BCUT2D eigenvalue weighted by molar-refractivity contribution is 7.09. The number of rotatable bonds is 7. The van der Waals surface area contributed by atoms with E-state index in [0.29, 0.717) is 11.0 Å². The van der Waals surface area contributed by atoms with Crippen LogP contribution in [0.4, 0.5) is 0 Å². The van der Waals surface area contributed by atoms with E-state index < -0.39 is 8.11 Å². The molecular formula is C18H31ClSi. The van der Waals surface area contributed by atoms with E-state index in [1.807, 2.05) is 0 Å². The summed E-state index contributed by atoms with van der Waals surface area (Å²) in [7, 11) is -1.44. The first kappa shape index (κ1) is 17.8. The van der Waals surface area contributed by atoms with Gasteiger partial charge in [-0.05, 0) is 21.6 Å². The number of halogens is 1. The van der Waals surface area contributed by atoms with Crippen molar-refractivity contribution in [2.45, 2.75) is 71.4 Å². The van der Waals surface area contributed by atoms with E-state index in [0.717, 1.165) is 0 Å². The molecule has 1 aromatic rings. The fourth-order valence-corrected chi connectivity index (χ4v) is 7.95. The molecule has 20 heavy (non-hydrogen) atoms. The highest BCUT2D eigenvalue weighted by Crippen LogP contribution is 2.49. The van der Waals surface area contributed by atoms with Gasteiger partial charge in [-0.2, -0.15) is 11.1 Å². The van der Waals surface area contributed by atoms with Crippen LogP contribution in [0.1, 0.15) is 66.4 Å². The standard InChI is InChI=1S/C18H31ClSi/c1-7-18(8-2,9-3)15(4)20(19)17(5,6)16-13-11-10-12-14-16/h10-15,20H,7-9H2,1-6H3. The van der Waals surface area contributed by atoms with E-state index in [2.05, 4.69) is 71.9 Å². The van der Waals surface area contributed by atoms with Crippen LogP contribution in [0.25, 0.3) is 0 Å². The van der Waals surface area contributed by atoms with Gasteiger partial charge in [0.25, 0.3) is 0 Å². The van der Waals surface area contributed by atoms with Crippen molar-refractivity contribution in [2.24, 2.45) is 5.41 Å². The number of hydrogen-bond acceptors (Lipinski definition) is 0. The molecule has 0 saturated heterocycles. The smallest absolute Gasteiger partial charge is 0.154 e. The summed E-state index contributed by atoms with van der Waals surface area (Å²) in [6.45, 7) is 14.1. The van der Waals surface area contributed by atoms with Gasteiger partial charge in [0.05, 0.1) is 0 Å². The molecule has 0 N–H and O–H groups in total. The molecule has 0 aliphatic carbocycles. The Morgan fingerprint density at radius 2 is 1.45 bits per heavy atom. The van der Waals surface area contributed by atoms with E-state index in [-0.39, 0.29) is 5.04 Å². The Labute approximate surface area is 132 Å². The molecular weight excluding hydrogens is 280 g/mol. The van der Waals surface area contributed by atoms with Gasteiger partial charge in [0, 0.05) is 0 Å². The minimum absolute atomic E-state index is 0.132. The second kappa shape index (κ2) is 7.13. The van der Waals surface area contributed by atoms with Gasteiger partial charge in [-0.1, -0.05) is 91.1 Å². The van der Waals surface area contributed by atoms with E-state index in [4.69, 9.17) is 11.1 Å².